The van der Waals surface area contributed by atoms with E-state index in [-0.39, 0.29) is 18.8 Å². The molecule has 3 N–H and O–H groups in total. The zero-order valence-corrected chi connectivity index (χ0v) is 9.80. The van der Waals surface area contributed by atoms with Crippen LogP contribution in [0.15, 0.2) is 30.3 Å². The van der Waals surface area contributed by atoms with E-state index in [1.807, 2.05) is 30.3 Å². The Morgan fingerprint density at radius 3 is 2.56 bits per heavy atom. The van der Waals surface area contributed by atoms with Crippen molar-refractivity contribution in [2.75, 3.05) is 6.61 Å². The molecule has 1 rings (SSSR count). The van der Waals surface area contributed by atoms with Crippen molar-refractivity contribution >= 4 is 0 Å². The van der Waals surface area contributed by atoms with Gasteiger partial charge >= 0.3 is 0 Å². The highest BCUT2D eigenvalue weighted by Gasteiger charge is 2.16. The summed E-state index contributed by atoms with van der Waals surface area (Å²) >= 11 is 0. The van der Waals surface area contributed by atoms with Gasteiger partial charge in [0.2, 0.25) is 0 Å². The van der Waals surface area contributed by atoms with Gasteiger partial charge < -0.3 is 15.6 Å². The van der Waals surface area contributed by atoms with E-state index < -0.39 is 0 Å². The zero-order valence-electron chi connectivity index (χ0n) is 9.80. The minimum atomic E-state index is -0.264. The van der Waals surface area contributed by atoms with Crippen molar-refractivity contribution in [3.05, 3.63) is 35.9 Å². The predicted octanol–water partition coefficient (Wildman–Crippen LogP) is 1.69. The normalized spacial score (nSPS) is 14.7. The molecule has 1 aromatic carbocycles. The van der Waals surface area contributed by atoms with E-state index in [1.165, 1.54) is 0 Å². The summed E-state index contributed by atoms with van der Waals surface area (Å²) < 4.78 is 5.62. The first kappa shape index (κ1) is 13.2. The molecule has 2 unspecified atom stereocenters. The molecule has 3 nitrogen and oxygen atoms in total. The van der Waals surface area contributed by atoms with Crippen LogP contribution in [0.5, 0.6) is 0 Å². The van der Waals surface area contributed by atoms with Crippen LogP contribution in [-0.2, 0) is 11.3 Å². The number of aliphatic hydroxyl groups is 1. The van der Waals surface area contributed by atoms with Gasteiger partial charge in [0.25, 0.3) is 0 Å². The quantitative estimate of drug-likeness (QED) is 0.739. The summed E-state index contributed by atoms with van der Waals surface area (Å²) in [5.41, 5.74) is 7.02. The number of ether oxygens (including phenoxy) is 1. The van der Waals surface area contributed by atoms with Gasteiger partial charge in [-0.2, -0.15) is 0 Å². The van der Waals surface area contributed by atoms with Crippen LogP contribution in [0.2, 0.25) is 0 Å². The van der Waals surface area contributed by atoms with Crippen LogP contribution < -0.4 is 5.73 Å². The summed E-state index contributed by atoms with van der Waals surface area (Å²) in [5, 5.41) is 9.20. The van der Waals surface area contributed by atoms with Gasteiger partial charge in [-0.3, -0.25) is 0 Å². The summed E-state index contributed by atoms with van der Waals surface area (Å²) in [4.78, 5) is 0. The summed E-state index contributed by atoms with van der Waals surface area (Å²) in [6.45, 7) is 2.56. The molecule has 0 heterocycles. The highest BCUT2D eigenvalue weighted by molar-refractivity contribution is 5.13. The number of hydrogen-bond acceptors (Lipinski definition) is 3. The second kappa shape index (κ2) is 7.39. The third kappa shape index (κ3) is 4.31. The smallest absolute Gasteiger partial charge is 0.0960 e. The second-order valence-electron chi connectivity index (χ2n) is 3.97. The Morgan fingerprint density at radius 1 is 1.31 bits per heavy atom. The van der Waals surface area contributed by atoms with Crippen molar-refractivity contribution in [1.82, 2.24) is 0 Å². The Balaban J connectivity index is 2.39. The Bertz CT molecular complexity index is 277. The van der Waals surface area contributed by atoms with E-state index in [4.69, 9.17) is 10.5 Å². The molecule has 0 saturated carbocycles. The summed E-state index contributed by atoms with van der Waals surface area (Å²) in [6.07, 6.45) is 1.62. The van der Waals surface area contributed by atoms with Gasteiger partial charge in [-0.05, 0) is 12.0 Å². The van der Waals surface area contributed by atoms with Gasteiger partial charge in [0.1, 0.15) is 0 Å². The SMILES string of the molecule is CCCC(N)C(CO)OCc1ccccc1. The van der Waals surface area contributed by atoms with E-state index in [2.05, 4.69) is 6.92 Å². The molecule has 0 aromatic heterocycles. The number of rotatable bonds is 7. The highest BCUT2D eigenvalue weighted by Crippen LogP contribution is 2.08. The van der Waals surface area contributed by atoms with Gasteiger partial charge in [-0.15, -0.1) is 0 Å². The van der Waals surface area contributed by atoms with Gasteiger partial charge in [0.05, 0.1) is 19.3 Å². The molecule has 0 fully saturated rings. The summed E-state index contributed by atoms with van der Waals surface area (Å²) in [6, 6.07) is 9.82. The fourth-order valence-electron chi connectivity index (χ4n) is 1.61. The number of benzene rings is 1. The number of hydrogen-bond donors (Lipinski definition) is 2. The molecule has 16 heavy (non-hydrogen) atoms. The van der Waals surface area contributed by atoms with Crippen LogP contribution >= 0.6 is 0 Å². The molecule has 1 aromatic rings. The molecule has 0 aliphatic carbocycles. The fourth-order valence-corrected chi connectivity index (χ4v) is 1.61. The van der Waals surface area contributed by atoms with E-state index in [0.717, 1.165) is 18.4 Å². The molecule has 3 heteroatoms. The van der Waals surface area contributed by atoms with Crippen molar-refractivity contribution in [3.8, 4) is 0 Å². The van der Waals surface area contributed by atoms with Crippen molar-refractivity contribution in [2.24, 2.45) is 5.73 Å². The molecule has 2 atom stereocenters. The Kier molecular flexibility index (Phi) is 6.08. The molecule has 0 saturated heterocycles. The molecule has 0 aliphatic heterocycles. The van der Waals surface area contributed by atoms with Crippen molar-refractivity contribution in [3.63, 3.8) is 0 Å². The van der Waals surface area contributed by atoms with Gasteiger partial charge in [0, 0.05) is 6.04 Å². The maximum Gasteiger partial charge on any atom is 0.0960 e. The highest BCUT2D eigenvalue weighted by atomic mass is 16.5. The van der Waals surface area contributed by atoms with Crippen LogP contribution in [0.4, 0.5) is 0 Å². The molecular formula is C13H21NO2. The Labute approximate surface area is 97.2 Å². The van der Waals surface area contributed by atoms with Crippen LogP contribution in [0.3, 0.4) is 0 Å². The first-order chi connectivity index (χ1) is 7.77. The van der Waals surface area contributed by atoms with E-state index in [1.54, 1.807) is 0 Å². The molecule has 0 amide bonds. The molecule has 0 radical (unpaired) electrons. The van der Waals surface area contributed by atoms with Crippen molar-refractivity contribution in [1.29, 1.82) is 0 Å². The lowest BCUT2D eigenvalue weighted by molar-refractivity contribution is -0.0138. The van der Waals surface area contributed by atoms with E-state index in [0.29, 0.717) is 6.61 Å². The second-order valence-corrected chi connectivity index (χ2v) is 3.97. The molecule has 0 aliphatic rings. The van der Waals surface area contributed by atoms with Crippen LogP contribution in [0.25, 0.3) is 0 Å². The minimum absolute atomic E-state index is 0.0198. The molecule has 0 bridgehead atoms. The number of aliphatic hydroxyl groups excluding tert-OH is 1. The van der Waals surface area contributed by atoms with Crippen molar-refractivity contribution < 1.29 is 9.84 Å². The average Bonchev–Trinajstić information content (AvgIpc) is 2.31. The largest absolute Gasteiger partial charge is 0.394 e. The average molecular weight is 223 g/mol. The maximum atomic E-state index is 9.20. The van der Waals surface area contributed by atoms with Gasteiger partial charge in [0.15, 0.2) is 0 Å². The first-order valence-corrected chi connectivity index (χ1v) is 5.80. The van der Waals surface area contributed by atoms with Crippen molar-refractivity contribution in [2.45, 2.75) is 38.5 Å². The summed E-state index contributed by atoms with van der Waals surface area (Å²) in [5.74, 6) is 0. The first-order valence-electron chi connectivity index (χ1n) is 5.80. The lowest BCUT2D eigenvalue weighted by Crippen LogP contribution is -2.39. The van der Waals surface area contributed by atoms with E-state index in [9.17, 15) is 5.11 Å². The molecule has 0 spiro atoms. The summed E-state index contributed by atoms with van der Waals surface area (Å²) in [7, 11) is 0. The minimum Gasteiger partial charge on any atom is -0.394 e. The molecular weight excluding hydrogens is 202 g/mol. The third-order valence-corrected chi connectivity index (χ3v) is 2.59. The zero-order chi connectivity index (χ0) is 11.8. The Morgan fingerprint density at radius 2 is 2.00 bits per heavy atom. The lowest BCUT2D eigenvalue weighted by Gasteiger charge is -2.22. The monoisotopic (exact) mass is 223 g/mol. The Hall–Kier alpha value is -0.900. The molecule has 90 valence electrons. The topological polar surface area (TPSA) is 55.5 Å². The fraction of sp³-hybridized carbons (Fsp3) is 0.538. The third-order valence-electron chi connectivity index (χ3n) is 2.59. The lowest BCUT2D eigenvalue weighted by atomic mass is 10.1. The van der Waals surface area contributed by atoms with Crippen LogP contribution in [0, 0.1) is 0 Å². The van der Waals surface area contributed by atoms with Gasteiger partial charge in [-0.25, -0.2) is 0 Å². The van der Waals surface area contributed by atoms with Crippen LogP contribution in [0.1, 0.15) is 25.3 Å². The standard InChI is InChI=1S/C13H21NO2/c1-2-6-12(14)13(9-15)16-10-11-7-4-3-5-8-11/h3-5,7-8,12-13,15H,2,6,9-10,14H2,1H3. The maximum absolute atomic E-state index is 9.20. The van der Waals surface area contributed by atoms with E-state index >= 15 is 0 Å². The number of nitrogens with two attached hydrogens (primary N) is 1. The predicted molar refractivity (Wildman–Crippen MR) is 65.0 cm³/mol. The van der Waals surface area contributed by atoms with Gasteiger partial charge in [-0.1, -0.05) is 43.7 Å². The van der Waals surface area contributed by atoms with Crippen LogP contribution in [-0.4, -0.2) is 23.9 Å².